The number of benzene rings is 2. The number of carbonyl (C=O) groups excluding carboxylic acids is 1. The van der Waals surface area contributed by atoms with Gasteiger partial charge in [-0.15, -0.1) is 0 Å². The summed E-state index contributed by atoms with van der Waals surface area (Å²) in [4.78, 5) is 12.3. The van der Waals surface area contributed by atoms with Crippen LogP contribution in [-0.4, -0.2) is 19.1 Å². The van der Waals surface area contributed by atoms with E-state index < -0.39 is 6.23 Å². The number of rotatable bonds is 5. The molecule has 0 spiro atoms. The molecule has 0 amide bonds. The number of carbonyl (C=O) groups is 1. The van der Waals surface area contributed by atoms with Gasteiger partial charge in [0.05, 0.1) is 0 Å². The van der Waals surface area contributed by atoms with Crippen LogP contribution in [-0.2, 0) is 4.74 Å². The summed E-state index contributed by atoms with van der Waals surface area (Å²) in [5.74, 6) is -0.0775. The van der Waals surface area contributed by atoms with Crippen LogP contribution < -0.4 is 5.32 Å². The van der Waals surface area contributed by atoms with Crippen molar-refractivity contribution < 1.29 is 9.53 Å². The normalized spacial score (nSPS) is 11.9. The Morgan fingerprint density at radius 3 is 2.32 bits per heavy atom. The second-order valence-electron chi connectivity index (χ2n) is 4.31. The van der Waals surface area contributed by atoms with Crippen molar-refractivity contribution in [3.8, 4) is 0 Å². The van der Waals surface area contributed by atoms with E-state index in [0.29, 0.717) is 5.56 Å². The summed E-state index contributed by atoms with van der Waals surface area (Å²) in [6.45, 7) is 1.99. The predicted octanol–water partition coefficient (Wildman–Crippen LogP) is 3.26. The molecule has 98 valence electrons. The van der Waals surface area contributed by atoms with Crippen LogP contribution in [0.5, 0.6) is 0 Å². The minimum absolute atomic E-state index is 0.0775. The molecule has 0 heterocycles. The number of para-hydroxylation sites is 1. The molecular formula is C16H17NO2. The summed E-state index contributed by atoms with van der Waals surface area (Å²) in [6, 6.07) is 16.9. The van der Waals surface area contributed by atoms with E-state index in [1.807, 2.05) is 49.4 Å². The van der Waals surface area contributed by atoms with E-state index >= 15 is 0 Å². The summed E-state index contributed by atoms with van der Waals surface area (Å²) in [5.41, 5.74) is 2.61. The largest absolute Gasteiger partial charge is 0.354 e. The molecule has 1 unspecified atom stereocenters. The van der Waals surface area contributed by atoms with Gasteiger partial charge in [-0.25, -0.2) is 0 Å². The van der Waals surface area contributed by atoms with Crippen molar-refractivity contribution in [3.63, 3.8) is 0 Å². The minimum atomic E-state index is -0.677. The molecule has 0 aromatic heterocycles. The average Bonchev–Trinajstić information content (AvgIpc) is 2.47. The smallest absolute Gasteiger partial charge is 0.211 e. The highest BCUT2D eigenvalue weighted by Gasteiger charge is 2.19. The topological polar surface area (TPSA) is 38.3 Å². The van der Waals surface area contributed by atoms with E-state index in [1.54, 1.807) is 12.1 Å². The number of ether oxygens (including phenoxy) is 1. The van der Waals surface area contributed by atoms with Gasteiger partial charge >= 0.3 is 0 Å². The third-order valence-corrected chi connectivity index (χ3v) is 2.96. The Bertz CT molecular complexity index is 552. The van der Waals surface area contributed by atoms with Gasteiger partial charge in [0.2, 0.25) is 5.78 Å². The van der Waals surface area contributed by atoms with Crippen molar-refractivity contribution in [1.29, 1.82) is 0 Å². The zero-order valence-corrected chi connectivity index (χ0v) is 11.1. The van der Waals surface area contributed by atoms with Crippen molar-refractivity contribution in [2.24, 2.45) is 0 Å². The monoisotopic (exact) mass is 255 g/mol. The molecular weight excluding hydrogens is 238 g/mol. The number of methoxy groups -OCH3 is 1. The van der Waals surface area contributed by atoms with Gasteiger partial charge in [-0.1, -0.05) is 48.5 Å². The molecule has 0 fully saturated rings. The van der Waals surface area contributed by atoms with Crippen LogP contribution in [0.1, 0.15) is 15.9 Å². The number of nitrogens with one attached hydrogen (secondary N) is 1. The Morgan fingerprint density at radius 2 is 1.68 bits per heavy atom. The molecule has 19 heavy (non-hydrogen) atoms. The lowest BCUT2D eigenvalue weighted by Crippen LogP contribution is -2.31. The first-order chi connectivity index (χ1) is 9.22. The number of ketones is 1. The predicted molar refractivity (Wildman–Crippen MR) is 76.4 cm³/mol. The van der Waals surface area contributed by atoms with E-state index in [9.17, 15) is 4.79 Å². The highest BCUT2D eigenvalue weighted by Crippen LogP contribution is 2.16. The first kappa shape index (κ1) is 13.3. The maximum absolute atomic E-state index is 12.3. The first-order valence-electron chi connectivity index (χ1n) is 6.16. The number of aryl methyl sites for hydroxylation is 1. The van der Waals surface area contributed by atoms with Gasteiger partial charge in [0.25, 0.3) is 0 Å². The quantitative estimate of drug-likeness (QED) is 0.658. The first-order valence-corrected chi connectivity index (χ1v) is 6.16. The van der Waals surface area contributed by atoms with Crippen molar-refractivity contribution in [2.75, 3.05) is 12.4 Å². The molecule has 0 radical (unpaired) electrons. The van der Waals surface area contributed by atoms with Gasteiger partial charge in [-0.05, 0) is 18.6 Å². The van der Waals surface area contributed by atoms with Gasteiger partial charge in [0.1, 0.15) is 0 Å². The molecule has 0 aliphatic carbocycles. The Labute approximate surface area is 113 Å². The number of hydrogen-bond donors (Lipinski definition) is 1. The fraction of sp³-hybridized carbons (Fsp3) is 0.188. The van der Waals surface area contributed by atoms with Gasteiger partial charge in [-0.3, -0.25) is 4.79 Å². The maximum Gasteiger partial charge on any atom is 0.211 e. The van der Waals surface area contributed by atoms with Crippen LogP contribution in [0.4, 0.5) is 5.69 Å². The van der Waals surface area contributed by atoms with Crippen LogP contribution in [0, 0.1) is 6.92 Å². The Balaban J connectivity index is 2.17. The molecule has 3 nitrogen and oxygen atoms in total. The summed E-state index contributed by atoms with van der Waals surface area (Å²) in [5, 5.41) is 3.12. The van der Waals surface area contributed by atoms with E-state index in [-0.39, 0.29) is 5.78 Å². The second kappa shape index (κ2) is 6.16. The molecule has 0 aliphatic heterocycles. The van der Waals surface area contributed by atoms with E-state index in [0.717, 1.165) is 11.3 Å². The number of Topliss-reactive ketones (excluding diaryl/α,β-unsaturated/α-hetero) is 1. The summed E-state index contributed by atoms with van der Waals surface area (Å²) < 4.78 is 5.26. The maximum atomic E-state index is 12.3. The lowest BCUT2D eigenvalue weighted by atomic mass is 10.1. The van der Waals surface area contributed by atoms with Crippen LogP contribution in [0.15, 0.2) is 54.6 Å². The summed E-state index contributed by atoms with van der Waals surface area (Å²) in [7, 11) is 1.52. The molecule has 1 atom stereocenters. The molecule has 0 saturated carbocycles. The molecule has 0 aliphatic rings. The molecule has 2 rings (SSSR count). The Morgan fingerprint density at radius 1 is 1.05 bits per heavy atom. The standard InChI is InChI=1S/C16H17NO2/c1-12-8-6-7-11-14(12)17-16(19-2)15(18)13-9-4-3-5-10-13/h3-11,16-17H,1-2H3. The molecule has 2 aromatic carbocycles. The molecule has 1 N–H and O–H groups in total. The SMILES string of the molecule is COC(Nc1ccccc1C)C(=O)c1ccccc1. The van der Waals surface area contributed by atoms with Gasteiger partial charge in [0, 0.05) is 18.4 Å². The van der Waals surface area contributed by atoms with E-state index in [2.05, 4.69) is 5.32 Å². The van der Waals surface area contributed by atoms with Crippen molar-refractivity contribution >= 4 is 11.5 Å². The number of hydrogen-bond acceptors (Lipinski definition) is 3. The minimum Gasteiger partial charge on any atom is -0.354 e. The average molecular weight is 255 g/mol. The molecule has 0 saturated heterocycles. The van der Waals surface area contributed by atoms with E-state index in [4.69, 9.17) is 4.74 Å². The third kappa shape index (κ3) is 3.20. The Hall–Kier alpha value is -2.13. The lowest BCUT2D eigenvalue weighted by molar-refractivity contribution is 0.0677. The molecule has 0 bridgehead atoms. The van der Waals surface area contributed by atoms with Gasteiger partial charge < -0.3 is 10.1 Å². The lowest BCUT2D eigenvalue weighted by Gasteiger charge is -2.18. The van der Waals surface area contributed by atoms with Crippen LogP contribution in [0.25, 0.3) is 0 Å². The molecule has 3 heteroatoms. The highest BCUT2D eigenvalue weighted by atomic mass is 16.5. The number of anilines is 1. The van der Waals surface area contributed by atoms with Crippen LogP contribution in [0.2, 0.25) is 0 Å². The van der Waals surface area contributed by atoms with Crippen LogP contribution in [0.3, 0.4) is 0 Å². The fourth-order valence-electron chi connectivity index (χ4n) is 1.86. The fourth-order valence-corrected chi connectivity index (χ4v) is 1.86. The van der Waals surface area contributed by atoms with Crippen LogP contribution >= 0.6 is 0 Å². The summed E-state index contributed by atoms with van der Waals surface area (Å²) >= 11 is 0. The van der Waals surface area contributed by atoms with E-state index in [1.165, 1.54) is 7.11 Å². The van der Waals surface area contributed by atoms with Crippen molar-refractivity contribution in [1.82, 2.24) is 0 Å². The zero-order valence-electron chi connectivity index (χ0n) is 11.1. The highest BCUT2D eigenvalue weighted by molar-refractivity contribution is 6.00. The van der Waals surface area contributed by atoms with Crippen molar-refractivity contribution in [2.45, 2.75) is 13.2 Å². The van der Waals surface area contributed by atoms with Gasteiger partial charge in [-0.2, -0.15) is 0 Å². The van der Waals surface area contributed by atoms with Crippen molar-refractivity contribution in [3.05, 3.63) is 65.7 Å². The summed E-state index contributed by atoms with van der Waals surface area (Å²) in [6.07, 6.45) is -0.677. The Kier molecular flexibility index (Phi) is 4.31. The third-order valence-electron chi connectivity index (χ3n) is 2.96. The zero-order chi connectivity index (χ0) is 13.7. The molecule has 2 aromatic rings. The second-order valence-corrected chi connectivity index (χ2v) is 4.31. The van der Waals surface area contributed by atoms with Gasteiger partial charge in [0.15, 0.2) is 6.23 Å².